The predicted octanol–water partition coefficient (Wildman–Crippen LogP) is 4.95. The Bertz CT molecular complexity index is 812. The first-order valence-corrected chi connectivity index (χ1v) is 9.56. The second kappa shape index (κ2) is 7.28. The van der Waals surface area contributed by atoms with E-state index in [0.717, 1.165) is 28.5 Å². The van der Waals surface area contributed by atoms with E-state index in [-0.39, 0.29) is 11.1 Å². The number of nitrogens with zero attached hydrogens (tertiary/aromatic N) is 1. The normalized spacial score (nSPS) is 16.2. The number of rotatable bonds is 4. The summed E-state index contributed by atoms with van der Waals surface area (Å²) in [6.45, 7) is 2.31. The maximum atomic E-state index is 12.5. The third kappa shape index (κ3) is 3.74. The minimum absolute atomic E-state index is 0.214. The summed E-state index contributed by atoms with van der Waals surface area (Å²) in [5, 5.41) is -0.214. The molecule has 122 valence electrons. The van der Waals surface area contributed by atoms with Gasteiger partial charge in [-0.1, -0.05) is 42.0 Å². The van der Waals surface area contributed by atoms with Crippen LogP contribution in [0.4, 0.5) is 4.79 Å². The third-order valence-electron chi connectivity index (χ3n) is 3.71. The Labute approximate surface area is 150 Å². The van der Waals surface area contributed by atoms with Gasteiger partial charge in [-0.15, -0.1) is 11.8 Å². The highest BCUT2D eigenvalue weighted by Gasteiger charge is 2.34. The minimum atomic E-state index is -0.222. The number of amides is 2. The van der Waals surface area contributed by atoms with E-state index in [1.54, 1.807) is 17.8 Å². The molecular formula is C19H17NO2S2. The highest BCUT2D eigenvalue weighted by Crippen LogP contribution is 2.33. The van der Waals surface area contributed by atoms with Gasteiger partial charge in [0.15, 0.2) is 0 Å². The fourth-order valence-corrected chi connectivity index (χ4v) is 3.73. The monoisotopic (exact) mass is 355 g/mol. The van der Waals surface area contributed by atoms with E-state index >= 15 is 0 Å². The molecule has 5 heteroatoms. The van der Waals surface area contributed by atoms with Crippen molar-refractivity contribution in [3.63, 3.8) is 0 Å². The van der Waals surface area contributed by atoms with Crippen LogP contribution < -0.4 is 0 Å². The predicted molar refractivity (Wildman–Crippen MR) is 101 cm³/mol. The molecule has 24 heavy (non-hydrogen) atoms. The molecule has 0 aliphatic carbocycles. The smallest absolute Gasteiger partial charge is 0.268 e. The van der Waals surface area contributed by atoms with E-state index in [0.29, 0.717) is 11.4 Å². The van der Waals surface area contributed by atoms with Crippen LogP contribution in [0, 0.1) is 6.92 Å². The van der Waals surface area contributed by atoms with Crippen molar-refractivity contribution in [3.8, 4) is 0 Å². The number of imide groups is 1. The molecule has 2 aromatic carbocycles. The van der Waals surface area contributed by atoms with Crippen molar-refractivity contribution in [2.75, 3.05) is 6.26 Å². The number of thioether (sulfide) groups is 2. The molecule has 0 spiro atoms. The molecule has 0 atom stereocenters. The lowest BCUT2D eigenvalue weighted by atomic mass is 10.1. The first kappa shape index (κ1) is 16.9. The van der Waals surface area contributed by atoms with Gasteiger partial charge in [0.2, 0.25) is 0 Å². The quantitative estimate of drug-likeness (QED) is 0.574. The minimum Gasteiger partial charge on any atom is -0.268 e. The summed E-state index contributed by atoms with van der Waals surface area (Å²) >= 11 is 2.67. The Morgan fingerprint density at radius 3 is 2.54 bits per heavy atom. The van der Waals surface area contributed by atoms with Crippen LogP contribution in [0.2, 0.25) is 0 Å². The SMILES string of the molecule is CSc1ccc(/C=C2\SC(=O)N(Cc3cccc(C)c3)C2=O)cc1. The van der Waals surface area contributed by atoms with Gasteiger partial charge in [0.25, 0.3) is 11.1 Å². The Kier molecular flexibility index (Phi) is 5.11. The van der Waals surface area contributed by atoms with Gasteiger partial charge in [0.1, 0.15) is 0 Å². The number of carbonyl (C=O) groups is 2. The average Bonchev–Trinajstić information content (AvgIpc) is 2.83. The molecule has 0 saturated carbocycles. The van der Waals surface area contributed by atoms with Crippen LogP contribution in [0.15, 0.2) is 58.3 Å². The van der Waals surface area contributed by atoms with Crippen LogP contribution in [0.25, 0.3) is 6.08 Å². The van der Waals surface area contributed by atoms with E-state index in [2.05, 4.69) is 0 Å². The van der Waals surface area contributed by atoms with Crippen LogP contribution >= 0.6 is 23.5 Å². The molecule has 2 aromatic rings. The van der Waals surface area contributed by atoms with Gasteiger partial charge in [0.05, 0.1) is 11.4 Å². The van der Waals surface area contributed by atoms with Gasteiger partial charge < -0.3 is 0 Å². The maximum absolute atomic E-state index is 12.5. The molecule has 1 fully saturated rings. The lowest BCUT2D eigenvalue weighted by Gasteiger charge is -2.12. The van der Waals surface area contributed by atoms with Crippen molar-refractivity contribution in [3.05, 3.63) is 70.1 Å². The summed E-state index contributed by atoms with van der Waals surface area (Å²) in [4.78, 5) is 27.7. The standard InChI is InChI=1S/C19H17NO2S2/c1-13-4-3-5-15(10-13)12-20-18(21)17(24-19(20)22)11-14-6-8-16(23-2)9-7-14/h3-11H,12H2,1-2H3/b17-11-. The lowest BCUT2D eigenvalue weighted by Crippen LogP contribution is -2.27. The second-order valence-corrected chi connectivity index (χ2v) is 7.40. The summed E-state index contributed by atoms with van der Waals surface area (Å²) in [6, 6.07) is 15.8. The number of hydrogen-bond acceptors (Lipinski definition) is 4. The van der Waals surface area contributed by atoms with E-state index in [1.165, 1.54) is 9.80 Å². The van der Waals surface area contributed by atoms with Gasteiger partial charge >= 0.3 is 0 Å². The summed E-state index contributed by atoms with van der Waals surface area (Å²) in [5.74, 6) is -0.222. The Balaban J connectivity index is 1.79. The second-order valence-electron chi connectivity index (χ2n) is 5.53. The van der Waals surface area contributed by atoms with Crippen molar-refractivity contribution < 1.29 is 9.59 Å². The van der Waals surface area contributed by atoms with Crippen molar-refractivity contribution >= 4 is 40.7 Å². The molecular weight excluding hydrogens is 338 g/mol. The molecule has 2 amide bonds. The van der Waals surface area contributed by atoms with Crippen molar-refractivity contribution in [2.24, 2.45) is 0 Å². The van der Waals surface area contributed by atoms with Gasteiger partial charge in [-0.2, -0.15) is 0 Å². The molecule has 0 bridgehead atoms. The lowest BCUT2D eigenvalue weighted by molar-refractivity contribution is -0.123. The molecule has 1 aliphatic rings. The largest absolute Gasteiger partial charge is 0.293 e. The zero-order valence-electron chi connectivity index (χ0n) is 13.5. The molecule has 1 saturated heterocycles. The fourth-order valence-electron chi connectivity index (χ4n) is 2.48. The number of aryl methyl sites for hydroxylation is 1. The average molecular weight is 355 g/mol. The first-order chi connectivity index (χ1) is 11.6. The molecule has 1 heterocycles. The van der Waals surface area contributed by atoms with Crippen molar-refractivity contribution in [1.29, 1.82) is 0 Å². The number of carbonyl (C=O) groups excluding carboxylic acids is 2. The van der Waals surface area contributed by atoms with Gasteiger partial charge in [-0.05, 0) is 54.3 Å². The van der Waals surface area contributed by atoms with Gasteiger partial charge in [-0.3, -0.25) is 14.5 Å². The molecule has 0 unspecified atom stereocenters. The first-order valence-electron chi connectivity index (χ1n) is 7.52. The van der Waals surface area contributed by atoms with Crippen LogP contribution in [-0.2, 0) is 11.3 Å². The van der Waals surface area contributed by atoms with Crippen LogP contribution in [0.3, 0.4) is 0 Å². The highest BCUT2D eigenvalue weighted by atomic mass is 32.2. The van der Waals surface area contributed by atoms with E-state index < -0.39 is 0 Å². The van der Waals surface area contributed by atoms with Crippen molar-refractivity contribution in [2.45, 2.75) is 18.4 Å². The van der Waals surface area contributed by atoms with Gasteiger partial charge in [0, 0.05) is 4.90 Å². The zero-order chi connectivity index (χ0) is 17.1. The van der Waals surface area contributed by atoms with E-state index in [1.807, 2.05) is 61.7 Å². The van der Waals surface area contributed by atoms with Crippen molar-refractivity contribution in [1.82, 2.24) is 4.90 Å². The molecule has 0 aromatic heterocycles. The third-order valence-corrected chi connectivity index (χ3v) is 5.36. The summed E-state index contributed by atoms with van der Waals surface area (Å²) < 4.78 is 0. The van der Waals surface area contributed by atoms with E-state index in [9.17, 15) is 9.59 Å². The topological polar surface area (TPSA) is 37.4 Å². The Morgan fingerprint density at radius 2 is 1.88 bits per heavy atom. The Morgan fingerprint density at radius 1 is 1.12 bits per heavy atom. The molecule has 0 radical (unpaired) electrons. The van der Waals surface area contributed by atoms with Crippen LogP contribution in [0.1, 0.15) is 16.7 Å². The van der Waals surface area contributed by atoms with Crippen LogP contribution in [-0.4, -0.2) is 22.3 Å². The Hall–Kier alpha value is -1.98. The number of benzene rings is 2. The molecule has 0 N–H and O–H groups in total. The van der Waals surface area contributed by atoms with Crippen LogP contribution in [0.5, 0.6) is 0 Å². The maximum Gasteiger partial charge on any atom is 0.293 e. The molecule has 3 rings (SSSR count). The zero-order valence-corrected chi connectivity index (χ0v) is 15.1. The summed E-state index contributed by atoms with van der Waals surface area (Å²) in [5.41, 5.74) is 3.00. The summed E-state index contributed by atoms with van der Waals surface area (Å²) in [6.07, 6.45) is 3.80. The fraction of sp³-hybridized carbons (Fsp3) is 0.158. The number of hydrogen-bond donors (Lipinski definition) is 0. The summed E-state index contributed by atoms with van der Waals surface area (Å²) in [7, 11) is 0. The molecule has 1 aliphatic heterocycles. The molecule has 3 nitrogen and oxygen atoms in total. The highest BCUT2D eigenvalue weighted by molar-refractivity contribution is 8.18. The van der Waals surface area contributed by atoms with E-state index in [4.69, 9.17) is 0 Å². The van der Waals surface area contributed by atoms with Gasteiger partial charge in [-0.25, -0.2) is 0 Å².